The van der Waals surface area contributed by atoms with Crippen LogP contribution in [0.5, 0.6) is 17.2 Å². The van der Waals surface area contributed by atoms with Crippen LogP contribution in [0.2, 0.25) is 0 Å². The molecule has 0 atom stereocenters. The third kappa shape index (κ3) is 6.27. The quantitative estimate of drug-likeness (QED) is 0.333. The zero-order valence-electron chi connectivity index (χ0n) is 18.2. The SMILES string of the molecule is COc1cc(OC)cc(-c2nnc(S/C(=C/c3ccc(OCC(C)C)cc3)C(=O)O)o2)c1. The summed E-state index contributed by atoms with van der Waals surface area (Å²) in [5.74, 6) is 1.41. The topological polar surface area (TPSA) is 104 Å². The Bertz CT molecular complexity index is 1070. The molecule has 0 bridgehead atoms. The van der Waals surface area contributed by atoms with E-state index in [1.54, 1.807) is 56.7 Å². The lowest BCUT2D eigenvalue weighted by atomic mass is 10.2. The largest absolute Gasteiger partial charge is 0.497 e. The molecule has 1 aromatic heterocycles. The number of nitrogens with zero attached hydrogens (tertiary/aromatic N) is 2. The highest BCUT2D eigenvalue weighted by Crippen LogP contribution is 2.33. The first-order chi connectivity index (χ1) is 15.4. The fourth-order valence-corrected chi connectivity index (χ4v) is 3.27. The van der Waals surface area contributed by atoms with Crippen molar-refractivity contribution in [1.82, 2.24) is 10.2 Å². The van der Waals surface area contributed by atoms with Crippen LogP contribution in [0, 0.1) is 5.92 Å². The number of ether oxygens (including phenoxy) is 3. The van der Waals surface area contributed by atoms with Crippen molar-refractivity contribution in [2.45, 2.75) is 19.1 Å². The van der Waals surface area contributed by atoms with Crippen LogP contribution in [0.1, 0.15) is 19.4 Å². The molecule has 0 radical (unpaired) electrons. The van der Waals surface area contributed by atoms with Crippen molar-refractivity contribution in [2.24, 2.45) is 5.92 Å². The summed E-state index contributed by atoms with van der Waals surface area (Å²) < 4.78 is 21.8. The Morgan fingerprint density at radius 3 is 2.28 bits per heavy atom. The molecule has 1 N–H and O–H groups in total. The van der Waals surface area contributed by atoms with Crippen molar-refractivity contribution < 1.29 is 28.5 Å². The lowest BCUT2D eigenvalue weighted by molar-refractivity contribution is -0.131. The number of carboxylic acids is 1. The van der Waals surface area contributed by atoms with Crippen molar-refractivity contribution in [3.63, 3.8) is 0 Å². The van der Waals surface area contributed by atoms with E-state index < -0.39 is 5.97 Å². The molecule has 0 fully saturated rings. The minimum absolute atomic E-state index is 0.0410. The number of aliphatic carboxylic acids is 1. The summed E-state index contributed by atoms with van der Waals surface area (Å²) in [5.41, 5.74) is 1.31. The van der Waals surface area contributed by atoms with E-state index >= 15 is 0 Å². The predicted molar refractivity (Wildman–Crippen MR) is 121 cm³/mol. The Morgan fingerprint density at radius 1 is 1.06 bits per heavy atom. The second-order valence-electron chi connectivity index (χ2n) is 7.16. The minimum Gasteiger partial charge on any atom is -0.497 e. The summed E-state index contributed by atoms with van der Waals surface area (Å²) in [5, 5.41) is 17.7. The first-order valence-electron chi connectivity index (χ1n) is 9.80. The molecular weight excluding hydrogens is 432 g/mol. The number of methoxy groups -OCH3 is 2. The van der Waals surface area contributed by atoms with Crippen LogP contribution < -0.4 is 14.2 Å². The van der Waals surface area contributed by atoms with Crippen LogP contribution in [-0.2, 0) is 4.79 Å². The van der Waals surface area contributed by atoms with E-state index in [-0.39, 0.29) is 16.0 Å². The number of thioether (sulfide) groups is 1. The fourth-order valence-electron chi connectivity index (χ4n) is 2.60. The highest BCUT2D eigenvalue weighted by Gasteiger charge is 2.17. The Labute approximate surface area is 190 Å². The van der Waals surface area contributed by atoms with E-state index in [0.717, 1.165) is 17.5 Å². The first-order valence-corrected chi connectivity index (χ1v) is 10.6. The molecule has 0 spiro atoms. The van der Waals surface area contributed by atoms with Gasteiger partial charge in [0.2, 0.25) is 5.89 Å². The Kier molecular flexibility index (Phi) is 7.77. The number of aromatic nitrogens is 2. The van der Waals surface area contributed by atoms with Gasteiger partial charge in [0.15, 0.2) is 0 Å². The van der Waals surface area contributed by atoms with Crippen LogP contribution in [-0.4, -0.2) is 42.1 Å². The number of hydrogen-bond donors (Lipinski definition) is 1. The zero-order chi connectivity index (χ0) is 23.1. The average molecular weight is 457 g/mol. The molecule has 1 heterocycles. The molecule has 3 rings (SSSR count). The summed E-state index contributed by atoms with van der Waals surface area (Å²) in [6.45, 7) is 4.76. The van der Waals surface area contributed by atoms with Gasteiger partial charge in [-0.25, -0.2) is 4.79 Å². The Morgan fingerprint density at radius 2 is 1.72 bits per heavy atom. The highest BCUT2D eigenvalue weighted by atomic mass is 32.2. The van der Waals surface area contributed by atoms with Crippen molar-refractivity contribution in [2.75, 3.05) is 20.8 Å². The van der Waals surface area contributed by atoms with Crippen LogP contribution >= 0.6 is 11.8 Å². The maximum atomic E-state index is 11.8. The molecule has 0 saturated heterocycles. The Hall–Kier alpha value is -3.46. The van der Waals surface area contributed by atoms with Gasteiger partial charge in [0.25, 0.3) is 5.22 Å². The van der Waals surface area contributed by atoms with Gasteiger partial charge in [0, 0.05) is 11.6 Å². The molecule has 0 amide bonds. The average Bonchev–Trinajstić information content (AvgIpc) is 3.26. The minimum atomic E-state index is -1.10. The van der Waals surface area contributed by atoms with E-state index in [1.807, 2.05) is 0 Å². The lowest BCUT2D eigenvalue weighted by Crippen LogP contribution is -2.04. The van der Waals surface area contributed by atoms with E-state index in [9.17, 15) is 9.90 Å². The molecule has 0 aliphatic carbocycles. The summed E-state index contributed by atoms with van der Waals surface area (Å²) >= 11 is 0.873. The molecule has 0 unspecified atom stereocenters. The smallest absolute Gasteiger partial charge is 0.342 e. The van der Waals surface area contributed by atoms with Crippen LogP contribution in [0.15, 0.2) is 57.0 Å². The number of benzene rings is 2. The van der Waals surface area contributed by atoms with Crippen molar-refractivity contribution >= 4 is 23.8 Å². The van der Waals surface area contributed by atoms with Crippen molar-refractivity contribution in [3.05, 3.63) is 52.9 Å². The van der Waals surface area contributed by atoms with E-state index in [1.165, 1.54) is 6.08 Å². The molecule has 0 aliphatic heterocycles. The van der Waals surface area contributed by atoms with Gasteiger partial charge >= 0.3 is 5.97 Å². The summed E-state index contributed by atoms with van der Waals surface area (Å²) in [6, 6.07) is 12.4. The van der Waals surface area contributed by atoms with Crippen molar-refractivity contribution in [3.8, 4) is 28.7 Å². The van der Waals surface area contributed by atoms with Gasteiger partial charge < -0.3 is 23.7 Å². The van der Waals surface area contributed by atoms with Crippen molar-refractivity contribution in [1.29, 1.82) is 0 Å². The standard InChI is InChI=1S/C23H24N2O6S/c1-14(2)13-30-17-7-5-15(6-8-17)9-20(22(26)27)32-23-25-24-21(31-23)16-10-18(28-3)12-19(11-16)29-4/h5-12,14H,13H2,1-4H3,(H,26,27)/b20-9+. The van der Waals surface area contributed by atoms with E-state index in [2.05, 4.69) is 24.0 Å². The highest BCUT2D eigenvalue weighted by molar-refractivity contribution is 8.03. The molecular formula is C23H24N2O6S. The second-order valence-corrected chi connectivity index (χ2v) is 8.16. The van der Waals surface area contributed by atoms with Gasteiger partial charge in [-0.1, -0.05) is 26.0 Å². The fraction of sp³-hybridized carbons (Fsp3) is 0.261. The maximum absolute atomic E-state index is 11.8. The number of carbonyl (C=O) groups is 1. The third-order valence-electron chi connectivity index (χ3n) is 4.17. The van der Waals surface area contributed by atoms with Crippen LogP contribution in [0.3, 0.4) is 0 Å². The van der Waals surface area contributed by atoms with Gasteiger partial charge in [-0.15, -0.1) is 10.2 Å². The van der Waals surface area contributed by atoms with Gasteiger partial charge in [-0.2, -0.15) is 0 Å². The van der Waals surface area contributed by atoms with Gasteiger partial charge in [-0.05, 0) is 53.6 Å². The van der Waals surface area contributed by atoms with Gasteiger partial charge in [0.05, 0.1) is 20.8 Å². The van der Waals surface area contributed by atoms with Gasteiger partial charge in [0.1, 0.15) is 22.2 Å². The summed E-state index contributed by atoms with van der Waals surface area (Å²) in [7, 11) is 3.08. The second kappa shape index (κ2) is 10.7. The monoisotopic (exact) mass is 456 g/mol. The summed E-state index contributed by atoms with van der Waals surface area (Å²) in [6.07, 6.45) is 1.54. The van der Waals surface area contributed by atoms with Crippen LogP contribution in [0.25, 0.3) is 17.5 Å². The molecule has 32 heavy (non-hydrogen) atoms. The number of hydrogen-bond acceptors (Lipinski definition) is 8. The molecule has 9 heteroatoms. The molecule has 0 saturated carbocycles. The Balaban J connectivity index is 1.78. The number of carboxylic acid groups (broad SMARTS) is 1. The molecule has 168 valence electrons. The summed E-state index contributed by atoms with van der Waals surface area (Å²) in [4.78, 5) is 11.8. The number of rotatable bonds is 10. The zero-order valence-corrected chi connectivity index (χ0v) is 19.0. The van der Waals surface area contributed by atoms with Gasteiger partial charge in [-0.3, -0.25) is 0 Å². The normalized spacial score (nSPS) is 11.5. The first kappa shape index (κ1) is 23.2. The van der Waals surface area contributed by atoms with E-state index in [4.69, 9.17) is 18.6 Å². The lowest BCUT2D eigenvalue weighted by Gasteiger charge is -2.08. The van der Waals surface area contributed by atoms with Crippen LogP contribution in [0.4, 0.5) is 0 Å². The third-order valence-corrected chi connectivity index (χ3v) is 5.03. The molecule has 0 aliphatic rings. The molecule has 3 aromatic rings. The molecule has 8 nitrogen and oxygen atoms in total. The molecule has 2 aromatic carbocycles. The van der Waals surface area contributed by atoms with E-state index in [0.29, 0.717) is 35.2 Å². The maximum Gasteiger partial charge on any atom is 0.342 e. The predicted octanol–water partition coefficient (Wildman–Crippen LogP) is 5.01.